The van der Waals surface area contributed by atoms with E-state index in [0.29, 0.717) is 31.7 Å². The molecule has 1 aromatic carbocycles. The molecule has 0 spiro atoms. The summed E-state index contributed by atoms with van der Waals surface area (Å²) in [7, 11) is 0. The van der Waals surface area contributed by atoms with Crippen LogP contribution < -0.4 is 10.6 Å². The first kappa shape index (κ1) is 22.4. The molecule has 0 bridgehead atoms. The zero-order chi connectivity index (χ0) is 19.2. The van der Waals surface area contributed by atoms with Crippen molar-refractivity contribution < 1.29 is 14.7 Å². The number of guanidine groups is 1. The van der Waals surface area contributed by atoms with Gasteiger partial charge in [-0.2, -0.15) is 0 Å². The number of halogens is 1. The number of aliphatic hydroxyl groups excluding tert-OH is 1. The molecular weight excluding hydrogens is 473 g/mol. The van der Waals surface area contributed by atoms with Gasteiger partial charge in [0.25, 0.3) is 5.91 Å². The number of hydrogen-bond acceptors (Lipinski definition) is 4. The van der Waals surface area contributed by atoms with Gasteiger partial charge in [-0.1, -0.05) is 12.1 Å². The van der Waals surface area contributed by atoms with Crippen LogP contribution in [0, 0.1) is 0 Å². The number of β-amino-alcohol motifs (C(OH)–C–C–N with tert-alkyl or cyclic N) is 1. The fourth-order valence-electron chi connectivity index (χ4n) is 3.27. The minimum atomic E-state index is -0.295. The number of aliphatic imine (C=N–C) groups is 1. The van der Waals surface area contributed by atoms with Crippen molar-refractivity contribution in [2.24, 2.45) is 4.99 Å². The highest BCUT2D eigenvalue weighted by Gasteiger charge is 2.23. The van der Waals surface area contributed by atoms with Crippen LogP contribution in [0.4, 0.5) is 0 Å². The molecule has 1 aromatic rings. The first-order valence-electron chi connectivity index (χ1n) is 9.43. The zero-order valence-corrected chi connectivity index (χ0v) is 18.4. The van der Waals surface area contributed by atoms with Gasteiger partial charge in [-0.05, 0) is 31.0 Å². The molecule has 3 N–H and O–H groups in total. The Balaban J connectivity index is 0.00000280. The van der Waals surface area contributed by atoms with E-state index in [1.165, 1.54) is 0 Å². The monoisotopic (exact) mass is 501 g/mol. The van der Waals surface area contributed by atoms with Crippen LogP contribution in [0.5, 0.6) is 0 Å². The quantitative estimate of drug-likeness (QED) is 0.316. The van der Waals surface area contributed by atoms with Gasteiger partial charge in [0.1, 0.15) is 0 Å². The van der Waals surface area contributed by atoms with Crippen LogP contribution in [-0.4, -0.2) is 78.1 Å². The van der Waals surface area contributed by atoms with E-state index in [4.69, 9.17) is 0 Å². The van der Waals surface area contributed by atoms with E-state index in [9.17, 15) is 14.7 Å². The maximum atomic E-state index is 12.5. The summed E-state index contributed by atoms with van der Waals surface area (Å²) in [6.45, 7) is 5.81. The fraction of sp³-hybridized carbons (Fsp3) is 0.526. The lowest BCUT2D eigenvalue weighted by molar-refractivity contribution is -0.123. The minimum Gasteiger partial charge on any atom is -0.391 e. The van der Waals surface area contributed by atoms with Crippen molar-refractivity contribution in [3.8, 4) is 0 Å². The molecule has 0 saturated carbocycles. The molecule has 2 aliphatic rings. The summed E-state index contributed by atoms with van der Waals surface area (Å²) in [4.78, 5) is 32.2. The van der Waals surface area contributed by atoms with Crippen molar-refractivity contribution >= 4 is 41.8 Å². The van der Waals surface area contributed by atoms with Gasteiger partial charge in [-0.25, -0.2) is 4.99 Å². The Bertz CT molecular complexity index is 710. The van der Waals surface area contributed by atoms with E-state index in [1.807, 2.05) is 19.1 Å². The van der Waals surface area contributed by atoms with E-state index in [0.717, 1.165) is 31.0 Å². The molecular formula is C19H28IN5O3. The Morgan fingerprint density at radius 3 is 2.64 bits per heavy atom. The van der Waals surface area contributed by atoms with Crippen LogP contribution in [0.3, 0.4) is 0 Å². The van der Waals surface area contributed by atoms with E-state index in [-0.39, 0.29) is 48.4 Å². The van der Waals surface area contributed by atoms with Crippen LogP contribution in [0.25, 0.3) is 0 Å². The Labute approximate surface area is 182 Å². The summed E-state index contributed by atoms with van der Waals surface area (Å²) >= 11 is 0. The van der Waals surface area contributed by atoms with E-state index in [1.54, 1.807) is 17.0 Å². The number of benzene rings is 1. The van der Waals surface area contributed by atoms with Gasteiger partial charge in [0.15, 0.2) is 5.96 Å². The van der Waals surface area contributed by atoms with Gasteiger partial charge < -0.3 is 25.5 Å². The number of aliphatic hydroxyl groups is 1. The predicted molar refractivity (Wildman–Crippen MR) is 118 cm³/mol. The molecule has 0 radical (unpaired) electrons. The maximum Gasteiger partial charge on any atom is 0.254 e. The molecule has 1 atom stereocenters. The number of carbonyl (C=O) groups is 2. The zero-order valence-electron chi connectivity index (χ0n) is 16.1. The largest absolute Gasteiger partial charge is 0.391 e. The predicted octanol–water partition coefficient (Wildman–Crippen LogP) is 0.409. The van der Waals surface area contributed by atoms with Crippen molar-refractivity contribution in [3.05, 3.63) is 35.4 Å². The molecule has 8 nitrogen and oxygen atoms in total. The summed E-state index contributed by atoms with van der Waals surface area (Å²) < 4.78 is 0. The summed E-state index contributed by atoms with van der Waals surface area (Å²) in [6, 6.07) is 7.35. The summed E-state index contributed by atoms with van der Waals surface area (Å²) in [5.74, 6) is 0.552. The third-order valence-corrected chi connectivity index (χ3v) is 4.74. The van der Waals surface area contributed by atoms with Crippen LogP contribution in [0.2, 0.25) is 0 Å². The second-order valence-electron chi connectivity index (χ2n) is 6.83. The Morgan fingerprint density at radius 1 is 1.29 bits per heavy atom. The summed E-state index contributed by atoms with van der Waals surface area (Å²) in [6.07, 6.45) is 0.464. The standard InChI is InChI=1S/C19H27N5O3.HI/c1-2-20-19(24-9-7-16(25)12-24)22-11-14-3-5-15(6-4-14)18(27)23-10-8-21-17(26)13-23;/h3-6,16,25H,2,7-13H2,1H3,(H,20,22)(H,21,26);1H/t16-;/m1./s1. The Hall–Kier alpha value is -1.88. The van der Waals surface area contributed by atoms with Crippen molar-refractivity contribution in [2.75, 3.05) is 39.3 Å². The highest BCUT2D eigenvalue weighted by Crippen LogP contribution is 2.12. The van der Waals surface area contributed by atoms with Crippen molar-refractivity contribution in [1.82, 2.24) is 20.4 Å². The molecule has 2 saturated heterocycles. The van der Waals surface area contributed by atoms with Gasteiger partial charge in [0, 0.05) is 38.3 Å². The first-order valence-corrected chi connectivity index (χ1v) is 9.43. The molecule has 2 aliphatic heterocycles. The third kappa shape index (κ3) is 5.81. The number of likely N-dealkylation sites (tertiary alicyclic amines) is 1. The second kappa shape index (κ2) is 10.6. The van der Waals surface area contributed by atoms with Gasteiger partial charge in [-0.15, -0.1) is 24.0 Å². The van der Waals surface area contributed by atoms with E-state index in [2.05, 4.69) is 20.5 Å². The lowest BCUT2D eigenvalue weighted by atomic mass is 10.1. The molecule has 2 heterocycles. The molecule has 0 aliphatic carbocycles. The van der Waals surface area contributed by atoms with Gasteiger partial charge in [0.2, 0.25) is 5.91 Å². The number of rotatable bonds is 4. The molecule has 0 aromatic heterocycles. The molecule has 28 heavy (non-hydrogen) atoms. The number of carbonyl (C=O) groups excluding carboxylic acids is 2. The van der Waals surface area contributed by atoms with Crippen LogP contribution >= 0.6 is 24.0 Å². The van der Waals surface area contributed by atoms with Gasteiger partial charge in [0.05, 0.1) is 19.2 Å². The van der Waals surface area contributed by atoms with Gasteiger partial charge >= 0.3 is 0 Å². The SMILES string of the molecule is CCNC(=NCc1ccc(C(=O)N2CCNC(=O)C2)cc1)N1CC[C@@H](O)C1.I. The van der Waals surface area contributed by atoms with Crippen molar-refractivity contribution in [1.29, 1.82) is 0 Å². The number of hydrogen-bond donors (Lipinski definition) is 3. The lowest BCUT2D eigenvalue weighted by Gasteiger charge is -2.26. The highest BCUT2D eigenvalue weighted by molar-refractivity contribution is 14.0. The molecule has 9 heteroatoms. The maximum absolute atomic E-state index is 12.5. The molecule has 0 unspecified atom stereocenters. The molecule has 3 rings (SSSR count). The first-order chi connectivity index (χ1) is 13.1. The average molecular weight is 501 g/mol. The molecule has 154 valence electrons. The lowest BCUT2D eigenvalue weighted by Crippen LogP contribution is -2.49. The summed E-state index contributed by atoms with van der Waals surface area (Å²) in [5.41, 5.74) is 1.57. The number of piperazine rings is 1. The number of nitrogens with zero attached hydrogens (tertiary/aromatic N) is 3. The van der Waals surface area contributed by atoms with E-state index >= 15 is 0 Å². The van der Waals surface area contributed by atoms with Crippen molar-refractivity contribution in [2.45, 2.75) is 26.0 Å². The van der Waals surface area contributed by atoms with Crippen LogP contribution in [0.1, 0.15) is 29.3 Å². The number of nitrogens with one attached hydrogen (secondary N) is 2. The second-order valence-corrected chi connectivity index (χ2v) is 6.83. The average Bonchev–Trinajstić information content (AvgIpc) is 3.11. The van der Waals surface area contributed by atoms with Crippen molar-refractivity contribution in [3.63, 3.8) is 0 Å². The molecule has 2 amide bonds. The fourth-order valence-corrected chi connectivity index (χ4v) is 3.27. The Kier molecular flexibility index (Phi) is 8.49. The van der Waals surface area contributed by atoms with Crippen LogP contribution in [-0.2, 0) is 11.3 Å². The van der Waals surface area contributed by atoms with Gasteiger partial charge in [-0.3, -0.25) is 9.59 Å². The smallest absolute Gasteiger partial charge is 0.254 e. The normalized spacial score (nSPS) is 19.9. The topological polar surface area (TPSA) is 97.3 Å². The minimum absolute atomic E-state index is 0. The molecule has 2 fully saturated rings. The summed E-state index contributed by atoms with van der Waals surface area (Å²) in [5, 5.41) is 15.7. The highest BCUT2D eigenvalue weighted by atomic mass is 127. The van der Waals surface area contributed by atoms with Crippen LogP contribution in [0.15, 0.2) is 29.3 Å². The number of amides is 2. The van der Waals surface area contributed by atoms with E-state index < -0.39 is 0 Å². The Morgan fingerprint density at radius 2 is 2.04 bits per heavy atom. The third-order valence-electron chi connectivity index (χ3n) is 4.74.